The summed E-state index contributed by atoms with van der Waals surface area (Å²) in [6, 6.07) is 9.48. The van der Waals surface area contributed by atoms with Crippen molar-refractivity contribution >= 4 is 28.2 Å². The molecule has 7 nitrogen and oxygen atoms in total. The molecule has 0 saturated carbocycles. The molecule has 0 aliphatic carbocycles. The molecule has 1 atom stereocenters. The lowest BCUT2D eigenvalue weighted by Crippen LogP contribution is -2.47. The maximum atomic E-state index is 13.6. The van der Waals surface area contributed by atoms with Crippen LogP contribution in [0.1, 0.15) is 49.5 Å². The second-order valence-electron chi connectivity index (χ2n) is 8.98. The number of likely N-dealkylation sites (tertiary alicyclic amines) is 2. The molecule has 1 aromatic heterocycles. The third-order valence-electron chi connectivity index (χ3n) is 6.71. The number of pyridine rings is 1. The van der Waals surface area contributed by atoms with Crippen molar-refractivity contribution in [3.8, 4) is 0 Å². The van der Waals surface area contributed by atoms with Crippen molar-refractivity contribution in [1.82, 2.24) is 20.1 Å². The summed E-state index contributed by atoms with van der Waals surface area (Å²) in [6.45, 7) is 4.75. The highest BCUT2D eigenvalue weighted by Crippen LogP contribution is 2.25. The SMILES string of the molecule is CC1=CN/C(=C\C(=N)[C@@H]2CCCCN2C(=O)c2nccc3ccccc23)N=C1N1CCCC1. The van der Waals surface area contributed by atoms with E-state index in [1.165, 1.54) is 12.8 Å². The van der Waals surface area contributed by atoms with E-state index in [2.05, 4.69) is 22.1 Å². The third-order valence-corrected chi connectivity index (χ3v) is 6.71. The van der Waals surface area contributed by atoms with Gasteiger partial charge in [-0.25, -0.2) is 4.99 Å². The summed E-state index contributed by atoms with van der Waals surface area (Å²) in [4.78, 5) is 27.0. The predicted octanol–water partition coefficient (Wildman–Crippen LogP) is 4.09. The molecule has 1 amide bonds. The van der Waals surface area contributed by atoms with E-state index in [0.717, 1.165) is 54.5 Å². The van der Waals surface area contributed by atoms with E-state index in [1.807, 2.05) is 41.4 Å². The number of nitrogens with one attached hydrogen (secondary N) is 2. The molecule has 0 unspecified atom stereocenters. The fraction of sp³-hybridized carbons (Fsp3) is 0.385. The number of piperidine rings is 1. The Kier molecular flexibility index (Phi) is 5.94. The Morgan fingerprint density at radius 3 is 2.76 bits per heavy atom. The lowest BCUT2D eigenvalue weighted by Gasteiger charge is -2.35. The highest BCUT2D eigenvalue weighted by Gasteiger charge is 2.31. The Labute approximate surface area is 194 Å². The van der Waals surface area contributed by atoms with Crippen LogP contribution >= 0.6 is 0 Å². The van der Waals surface area contributed by atoms with Gasteiger partial charge in [-0.05, 0) is 50.5 Å². The zero-order valence-electron chi connectivity index (χ0n) is 19.1. The average Bonchev–Trinajstić information content (AvgIpc) is 3.39. The molecule has 2 fully saturated rings. The van der Waals surface area contributed by atoms with Gasteiger partial charge in [0.2, 0.25) is 0 Å². The van der Waals surface area contributed by atoms with Crippen molar-refractivity contribution in [1.29, 1.82) is 5.41 Å². The quantitative estimate of drug-likeness (QED) is 0.701. The smallest absolute Gasteiger partial charge is 0.273 e. The maximum Gasteiger partial charge on any atom is 0.273 e. The molecule has 0 radical (unpaired) electrons. The van der Waals surface area contributed by atoms with Crippen LogP contribution in [0.3, 0.4) is 0 Å². The Hall–Kier alpha value is -3.48. The summed E-state index contributed by atoms with van der Waals surface area (Å²) in [7, 11) is 0. The van der Waals surface area contributed by atoms with Gasteiger partial charge in [0.05, 0.1) is 11.8 Å². The minimum Gasteiger partial charge on any atom is -0.356 e. The normalized spacial score (nSPS) is 22.2. The predicted molar refractivity (Wildman–Crippen MR) is 131 cm³/mol. The van der Waals surface area contributed by atoms with Crippen LogP contribution < -0.4 is 5.32 Å². The zero-order chi connectivity index (χ0) is 22.8. The maximum absolute atomic E-state index is 13.6. The van der Waals surface area contributed by atoms with Gasteiger partial charge in [-0.2, -0.15) is 0 Å². The molecule has 7 heteroatoms. The van der Waals surface area contributed by atoms with Crippen molar-refractivity contribution in [3.05, 3.63) is 65.9 Å². The number of hydrogen-bond donors (Lipinski definition) is 2. The van der Waals surface area contributed by atoms with E-state index in [-0.39, 0.29) is 11.9 Å². The number of carbonyl (C=O) groups is 1. The van der Waals surface area contributed by atoms with Crippen LogP contribution in [-0.4, -0.2) is 57.9 Å². The fourth-order valence-electron chi connectivity index (χ4n) is 4.97. The number of amidine groups is 1. The molecule has 5 rings (SSSR count). The first-order valence-electron chi connectivity index (χ1n) is 11.8. The van der Waals surface area contributed by atoms with Crippen LogP contribution in [0, 0.1) is 5.41 Å². The first-order valence-corrected chi connectivity index (χ1v) is 11.8. The number of fused-ring (bicyclic) bond motifs is 1. The van der Waals surface area contributed by atoms with Crippen LogP contribution in [-0.2, 0) is 0 Å². The van der Waals surface area contributed by atoms with Gasteiger partial charge in [-0.15, -0.1) is 0 Å². The van der Waals surface area contributed by atoms with Gasteiger partial charge in [-0.1, -0.05) is 24.3 Å². The molecule has 2 N–H and O–H groups in total. The number of hydrogen-bond acceptors (Lipinski definition) is 6. The van der Waals surface area contributed by atoms with E-state index >= 15 is 0 Å². The first-order chi connectivity index (χ1) is 16.1. The molecule has 0 bridgehead atoms. The van der Waals surface area contributed by atoms with Gasteiger partial charge < -0.3 is 20.5 Å². The van der Waals surface area contributed by atoms with Gasteiger partial charge in [0.1, 0.15) is 17.4 Å². The summed E-state index contributed by atoms with van der Waals surface area (Å²) < 4.78 is 0. The Balaban J connectivity index is 1.40. The molecule has 33 heavy (non-hydrogen) atoms. The van der Waals surface area contributed by atoms with Crippen LogP contribution in [0.2, 0.25) is 0 Å². The molecule has 2 saturated heterocycles. The minimum atomic E-state index is -0.279. The van der Waals surface area contributed by atoms with Crippen molar-refractivity contribution in [3.63, 3.8) is 0 Å². The van der Waals surface area contributed by atoms with E-state index in [9.17, 15) is 4.79 Å². The first kappa shape index (κ1) is 21.4. The minimum absolute atomic E-state index is 0.103. The van der Waals surface area contributed by atoms with Crippen molar-refractivity contribution in [2.45, 2.75) is 45.1 Å². The highest BCUT2D eigenvalue weighted by atomic mass is 16.2. The van der Waals surface area contributed by atoms with E-state index in [1.54, 1.807) is 12.3 Å². The summed E-state index contributed by atoms with van der Waals surface area (Å²) in [5, 5.41) is 13.9. The Morgan fingerprint density at radius 2 is 1.91 bits per heavy atom. The number of rotatable bonds is 3. The number of benzene rings is 1. The van der Waals surface area contributed by atoms with Crippen LogP contribution in [0.15, 0.2) is 65.2 Å². The summed E-state index contributed by atoms with van der Waals surface area (Å²) in [5.41, 5.74) is 1.98. The fourth-order valence-corrected chi connectivity index (χ4v) is 4.97. The molecule has 0 spiro atoms. The lowest BCUT2D eigenvalue weighted by molar-refractivity contribution is 0.0676. The van der Waals surface area contributed by atoms with Crippen LogP contribution in [0.4, 0.5) is 0 Å². The van der Waals surface area contributed by atoms with E-state index < -0.39 is 0 Å². The van der Waals surface area contributed by atoms with Crippen molar-refractivity contribution < 1.29 is 4.79 Å². The molecular weight excluding hydrogens is 412 g/mol. The molecule has 4 heterocycles. The largest absolute Gasteiger partial charge is 0.356 e. The molecule has 3 aliphatic heterocycles. The van der Waals surface area contributed by atoms with E-state index in [0.29, 0.717) is 23.8 Å². The van der Waals surface area contributed by atoms with Crippen molar-refractivity contribution in [2.24, 2.45) is 4.99 Å². The number of nitrogens with zero attached hydrogens (tertiary/aromatic N) is 4. The van der Waals surface area contributed by atoms with Gasteiger partial charge in [0, 0.05) is 49.1 Å². The second-order valence-corrected chi connectivity index (χ2v) is 8.98. The van der Waals surface area contributed by atoms with Crippen LogP contribution in [0.5, 0.6) is 0 Å². The number of aromatic nitrogens is 1. The highest BCUT2D eigenvalue weighted by molar-refractivity contribution is 6.08. The van der Waals surface area contributed by atoms with E-state index in [4.69, 9.17) is 10.4 Å². The number of amides is 1. The van der Waals surface area contributed by atoms with Gasteiger partial charge in [0.25, 0.3) is 5.91 Å². The van der Waals surface area contributed by atoms with Crippen molar-refractivity contribution in [2.75, 3.05) is 19.6 Å². The second kappa shape index (κ2) is 9.17. The molecule has 3 aliphatic rings. The molecule has 170 valence electrons. The summed E-state index contributed by atoms with van der Waals surface area (Å²) in [5.74, 6) is 1.55. The van der Waals surface area contributed by atoms with Gasteiger partial charge in [-0.3, -0.25) is 9.78 Å². The monoisotopic (exact) mass is 442 g/mol. The Bertz CT molecular complexity index is 1170. The standard InChI is InChI=1S/C26H30N6O/c1-18-17-29-23(30-25(18)31-13-6-7-14-31)16-21(27)22-10-4-5-15-32(22)26(33)24-20-9-3-2-8-19(20)11-12-28-24/h2-3,8-9,11-12,16-17,22,27,29H,4-7,10,13-15H2,1H3/b23-16+,27-21?/t22-/m0/s1. The topological polar surface area (TPSA) is 84.7 Å². The van der Waals surface area contributed by atoms with Gasteiger partial charge in [0.15, 0.2) is 0 Å². The average molecular weight is 443 g/mol. The van der Waals surface area contributed by atoms with Crippen LogP contribution in [0.25, 0.3) is 10.8 Å². The number of aliphatic imine (C=N–C) groups is 1. The summed E-state index contributed by atoms with van der Waals surface area (Å²) in [6.07, 6.45) is 10.5. The Morgan fingerprint density at radius 1 is 1.12 bits per heavy atom. The zero-order valence-corrected chi connectivity index (χ0v) is 19.1. The van der Waals surface area contributed by atoms with Gasteiger partial charge >= 0.3 is 0 Å². The number of carbonyl (C=O) groups excluding carboxylic acids is 1. The summed E-state index contributed by atoms with van der Waals surface area (Å²) >= 11 is 0. The molecule has 1 aromatic carbocycles. The molecule has 2 aromatic rings. The molecular formula is C26H30N6O. The third kappa shape index (κ3) is 4.27. The lowest BCUT2D eigenvalue weighted by atomic mass is 9.96.